The standard InChI is InChI=1S/C34H51N3O5/c1-9-14-24(4)35-31(39)30(27-17-13-18-28(38)22-27)37(25(5)20-19-23(2)3)32(40)29(21-26-15-11-10-12-16-26)36-33(41)42-34(6,7)8/h10-13,15-18,22-25,29-30,38H,9,14,19-21H2,1-8H3,(H,35,39)(H,36,41). The number of hydrogen-bond acceptors (Lipinski definition) is 5. The van der Waals surface area contributed by atoms with E-state index in [1.165, 1.54) is 12.1 Å². The lowest BCUT2D eigenvalue weighted by atomic mass is 9.95. The van der Waals surface area contributed by atoms with E-state index >= 15 is 0 Å². The highest BCUT2D eigenvalue weighted by molar-refractivity contribution is 5.92. The maximum atomic E-state index is 14.7. The number of benzene rings is 2. The summed E-state index contributed by atoms with van der Waals surface area (Å²) in [6.07, 6.45) is 2.68. The van der Waals surface area contributed by atoms with Gasteiger partial charge in [-0.05, 0) is 83.1 Å². The molecule has 2 rings (SSSR count). The second kappa shape index (κ2) is 16.2. The molecule has 2 aromatic rings. The fourth-order valence-electron chi connectivity index (χ4n) is 4.95. The van der Waals surface area contributed by atoms with Crippen molar-refractivity contribution in [1.82, 2.24) is 15.5 Å². The summed E-state index contributed by atoms with van der Waals surface area (Å²) < 4.78 is 5.53. The average Bonchev–Trinajstić information content (AvgIpc) is 2.89. The number of phenols is 1. The van der Waals surface area contributed by atoms with Crippen molar-refractivity contribution in [3.8, 4) is 5.75 Å². The van der Waals surface area contributed by atoms with Gasteiger partial charge in [0.05, 0.1) is 0 Å². The second-order valence-corrected chi connectivity index (χ2v) is 12.7. The molecule has 0 saturated heterocycles. The number of nitrogens with zero attached hydrogens (tertiary/aromatic N) is 1. The first kappa shape index (κ1) is 34.7. The Labute approximate surface area is 252 Å². The highest BCUT2D eigenvalue weighted by Gasteiger charge is 2.39. The van der Waals surface area contributed by atoms with Gasteiger partial charge in [0.1, 0.15) is 23.4 Å². The van der Waals surface area contributed by atoms with E-state index in [1.807, 2.05) is 44.2 Å². The number of carbonyl (C=O) groups is 3. The molecule has 0 aromatic heterocycles. The van der Waals surface area contributed by atoms with Gasteiger partial charge in [0, 0.05) is 18.5 Å². The summed E-state index contributed by atoms with van der Waals surface area (Å²) in [5.74, 6) is -0.335. The summed E-state index contributed by atoms with van der Waals surface area (Å²) in [6, 6.07) is 13.5. The van der Waals surface area contributed by atoms with Crippen LogP contribution in [0.4, 0.5) is 4.79 Å². The number of ether oxygens (including phenoxy) is 1. The van der Waals surface area contributed by atoms with Crippen LogP contribution in [0, 0.1) is 5.92 Å². The first-order valence-corrected chi connectivity index (χ1v) is 15.2. The summed E-state index contributed by atoms with van der Waals surface area (Å²) in [4.78, 5) is 43.3. The third-order valence-electron chi connectivity index (χ3n) is 6.99. The van der Waals surface area contributed by atoms with Crippen LogP contribution in [0.5, 0.6) is 5.75 Å². The Kier molecular flexibility index (Phi) is 13.4. The molecule has 2 aromatic carbocycles. The number of carbonyl (C=O) groups excluding carboxylic acids is 3. The average molecular weight is 582 g/mol. The molecule has 3 amide bonds. The van der Waals surface area contributed by atoms with Gasteiger partial charge in [-0.3, -0.25) is 9.59 Å². The van der Waals surface area contributed by atoms with Crippen molar-refractivity contribution < 1.29 is 24.2 Å². The van der Waals surface area contributed by atoms with Crippen LogP contribution in [-0.2, 0) is 20.7 Å². The SMILES string of the molecule is CCCC(C)NC(=O)C(c1cccc(O)c1)N(C(=O)C(Cc1ccccc1)NC(=O)OC(C)(C)C)C(C)CCC(C)C. The summed E-state index contributed by atoms with van der Waals surface area (Å²) in [5, 5.41) is 16.3. The van der Waals surface area contributed by atoms with Crippen LogP contribution in [0.3, 0.4) is 0 Å². The zero-order chi connectivity index (χ0) is 31.4. The molecule has 4 unspecified atom stereocenters. The smallest absolute Gasteiger partial charge is 0.408 e. The molecule has 8 nitrogen and oxygen atoms in total. The van der Waals surface area contributed by atoms with Crippen molar-refractivity contribution in [2.75, 3.05) is 0 Å². The molecule has 0 aliphatic rings. The lowest BCUT2D eigenvalue weighted by Crippen LogP contribution is -2.56. The minimum absolute atomic E-state index is 0.00172. The molecule has 0 aliphatic carbocycles. The normalized spacial score (nSPS) is 14.4. The number of nitrogens with one attached hydrogen (secondary N) is 2. The molecule has 0 bridgehead atoms. The molecule has 0 fully saturated rings. The van der Waals surface area contributed by atoms with E-state index in [0.717, 1.165) is 24.8 Å². The molecule has 0 saturated carbocycles. The van der Waals surface area contributed by atoms with E-state index in [9.17, 15) is 19.5 Å². The molecule has 0 radical (unpaired) electrons. The molecule has 232 valence electrons. The Morgan fingerprint density at radius 1 is 0.905 bits per heavy atom. The Morgan fingerprint density at radius 3 is 2.14 bits per heavy atom. The van der Waals surface area contributed by atoms with E-state index < -0.39 is 29.7 Å². The lowest BCUT2D eigenvalue weighted by Gasteiger charge is -2.39. The topological polar surface area (TPSA) is 108 Å². The van der Waals surface area contributed by atoms with E-state index in [4.69, 9.17) is 4.74 Å². The zero-order valence-corrected chi connectivity index (χ0v) is 26.6. The summed E-state index contributed by atoms with van der Waals surface area (Å²) >= 11 is 0. The first-order chi connectivity index (χ1) is 19.7. The lowest BCUT2D eigenvalue weighted by molar-refractivity contribution is -0.145. The van der Waals surface area contributed by atoms with E-state index in [1.54, 1.807) is 37.8 Å². The van der Waals surface area contributed by atoms with E-state index in [0.29, 0.717) is 17.9 Å². The maximum absolute atomic E-state index is 14.7. The van der Waals surface area contributed by atoms with E-state index in [2.05, 4.69) is 31.4 Å². The molecule has 8 heteroatoms. The van der Waals surface area contributed by atoms with Gasteiger partial charge >= 0.3 is 6.09 Å². The van der Waals surface area contributed by atoms with Gasteiger partial charge in [0.25, 0.3) is 0 Å². The molecule has 3 N–H and O–H groups in total. The fourth-order valence-corrected chi connectivity index (χ4v) is 4.95. The van der Waals surface area contributed by atoms with Crippen molar-refractivity contribution in [1.29, 1.82) is 0 Å². The molecule has 0 heterocycles. The van der Waals surface area contributed by atoms with Crippen LogP contribution in [0.15, 0.2) is 54.6 Å². The highest BCUT2D eigenvalue weighted by atomic mass is 16.6. The Hall–Kier alpha value is -3.55. The van der Waals surface area contributed by atoms with Crippen LogP contribution in [0.1, 0.15) is 98.2 Å². The van der Waals surface area contributed by atoms with Crippen LogP contribution in [-0.4, -0.2) is 51.6 Å². The minimum Gasteiger partial charge on any atom is -0.508 e. The van der Waals surface area contributed by atoms with Crippen molar-refractivity contribution in [3.63, 3.8) is 0 Å². The van der Waals surface area contributed by atoms with Crippen LogP contribution in [0.25, 0.3) is 0 Å². The predicted molar refractivity (Wildman–Crippen MR) is 167 cm³/mol. The number of rotatable bonds is 14. The highest BCUT2D eigenvalue weighted by Crippen LogP contribution is 2.30. The quantitative estimate of drug-likeness (QED) is 0.235. The minimum atomic E-state index is -1.02. The number of hydrogen-bond donors (Lipinski definition) is 3. The van der Waals surface area contributed by atoms with Crippen molar-refractivity contribution in [2.24, 2.45) is 5.92 Å². The predicted octanol–water partition coefficient (Wildman–Crippen LogP) is 6.53. The Bertz CT molecular complexity index is 1150. The molecule has 42 heavy (non-hydrogen) atoms. The van der Waals surface area contributed by atoms with Gasteiger partial charge in [-0.15, -0.1) is 0 Å². The molecule has 0 spiro atoms. The third-order valence-corrected chi connectivity index (χ3v) is 6.99. The largest absolute Gasteiger partial charge is 0.508 e. The molecular weight excluding hydrogens is 530 g/mol. The fraction of sp³-hybridized carbons (Fsp3) is 0.559. The van der Waals surface area contributed by atoms with E-state index in [-0.39, 0.29) is 30.2 Å². The van der Waals surface area contributed by atoms with Crippen molar-refractivity contribution in [2.45, 2.75) is 117 Å². The van der Waals surface area contributed by atoms with Gasteiger partial charge < -0.3 is 25.4 Å². The number of amides is 3. The molecule has 4 atom stereocenters. The monoisotopic (exact) mass is 581 g/mol. The van der Waals surface area contributed by atoms with Crippen LogP contribution < -0.4 is 10.6 Å². The van der Waals surface area contributed by atoms with Crippen molar-refractivity contribution in [3.05, 3.63) is 65.7 Å². The number of alkyl carbamates (subject to hydrolysis) is 1. The first-order valence-electron chi connectivity index (χ1n) is 15.2. The van der Waals surface area contributed by atoms with Gasteiger partial charge in [-0.1, -0.05) is 69.7 Å². The molecular formula is C34H51N3O5. The summed E-state index contributed by atoms with van der Waals surface area (Å²) in [6.45, 7) is 15.5. The Morgan fingerprint density at radius 2 is 1.57 bits per heavy atom. The van der Waals surface area contributed by atoms with Gasteiger partial charge in [-0.25, -0.2) is 4.79 Å². The summed E-state index contributed by atoms with van der Waals surface area (Å²) in [5.41, 5.74) is 0.599. The number of phenolic OH excluding ortho intramolecular Hbond substituents is 1. The third kappa shape index (κ3) is 11.4. The second-order valence-electron chi connectivity index (χ2n) is 12.7. The van der Waals surface area contributed by atoms with Gasteiger partial charge in [0.15, 0.2) is 0 Å². The van der Waals surface area contributed by atoms with Gasteiger partial charge in [0.2, 0.25) is 11.8 Å². The van der Waals surface area contributed by atoms with Crippen LogP contribution in [0.2, 0.25) is 0 Å². The zero-order valence-electron chi connectivity index (χ0n) is 26.6. The van der Waals surface area contributed by atoms with Gasteiger partial charge in [-0.2, -0.15) is 0 Å². The van der Waals surface area contributed by atoms with Crippen molar-refractivity contribution >= 4 is 17.9 Å². The summed E-state index contributed by atoms with van der Waals surface area (Å²) in [7, 11) is 0. The van der Waals surface area contributed by atoms with Crippen LogP contribution >= 0.6 is 0 Å². The number of aromatic hydroxyl groups is 1. The Balaban J connectivity index is 2.64. The maximum Gasteiger partial charge on any atom is 0.408 e. The molecule has 0 aliphatic heterocycles.